The van der Waals surface area contributed by atoms with Crippen LogP contribution < -0.4 is 0 Å². The third-order valence-corrected chi connectivity index (χ3v) is 8.93. The zero-order chi connectivity index (χ0) is 27.5. The van der Waals surface area contributed by atoms with Gasteiger partial charge in [-0.2, -0.15) is 0 Å². The molecule has 1 atom stereocenters. The highest BCUT2D eigenvalue weighted by Crippen LogP contribution is 2.39. The van der Waals surface area contributed by atoms with Crippen molar-refractivity contribution in [1.29, 1.82) is 0 Å². The van der Waals surface area contributed by atoms with Crippen molar-refractivity contribution in [2.24, 2.45) is 11.8 Å². The lowest BCUT2D eigenvalue weighted by Gasteiger charge is -2.29. The lowest BCUT2D eigenvalue weighted by Crippen LogP contribution is -2.13. The minimum atomic E-state index is -0.651. The van der Waals surface area contributed by atoms with Crippen LogP contribution in [-0.4, -0.2) is 11.1 Å². The monoisotopic (exact) mass is 524 g/mol. The quantitative estimate of drug-likeness (QED) is 0.213. The molecular weight excluding hydrogens is 476 g/mol. The molecule has 1 unspecified atom stereocenters. The van der Waals surface area contributed by atoms with Crippen molar-refractivity contribution in [2.75, 3.05) is 0 Å². The van der Waals surface area contributed by atoms with Gasteiger partial charge in [-0.05, 0) is 96.6 Å². The molecule has 0 saturated heterocycles. The van der Waals surface area contributed by atoms with Crippen molar-refractivity contribution in [3.63, 3.8) is 0 Å². The maximum atomic E-state index is 11.6. The van der Waals surface area contributed by atoms with Gasteiger partial charge >= 0.3 is 5.97 Å². The lowest BCUT2D eigenvalue weighted by atomic mass is 9.77. The number of aryl methyl sites for hydroxylation is 1. The zero-order valence-electron chi connectivity index (χ0n) is 24.2. The molecule has 0 radical (unpaired) electrons. The number of hydrogen-bond acceptors (Lipinski definition) is 1. The Balaban J connectivity index is 1.48. The van der Waals surface area contributed by atoms with Gasteiger partial charge in [0.1, 0.15) is 0 Å². The Bertz CT molecular complexity index is 1140. The minimum absolute atomic E-state index is 0.225. The smallest absolute Gasteiger partial charge is 0.306 e. The molecule has 0 aromatic heterocycles. The molecule has 1 saturated carbocycles. The van der Waals surface area contributed by atoms with Crippen LogP contribution in [0.2, 0.25) is 0 Å². The second kappa shape index (κ2) is 15.1. The summed E-state index contributed by atoms with van der Waals surface area (Å²) in [7, 11) is 0. The highest BCUT2D eigenvalue weighted by atomic mass is 16.4. The maximum Gasteiger partial charge on any atom is 0.306 e. The number of unbranched alkanes of at least 4 members (excludes halogenated alkanes) is 2. The highest BCUT2D eigenvalue weighted by Gasteiger charge is 2.22. The number of benzene rings is 3. The molecule has 0 aliphatic heterocycles. The van der Waals surface area contributed by atoms with Crippen LogP contribution in [0.1, 0.15) is 108 Å². The van der Waals surface area contributed by atoms with Gasteiger partial charge in [-0.15, -0.1) is 0 Å². The van der Waals surface area contributed by atoms with Crippen LogP contribution in [-0.2, 0) is 11.2 Å². The first-order valence-corrected chi connectivity index (χ1v) is 15.6. The van der Waals surface area contributed by atoms with Crippen LogP contribution in [0.5, 0.6) is 0 Å². The summed E-state index contributed by atoms with van der Waals surface area (Å²) in [4.78, 5) is 11.6. The molecule has 4 rings (SSSR count). The van der Waals surface area contributed by atoms with Crippen LogP contribution in [0.25, 0.3) is 22.3 Å². The van der Waals surface area contributed by atoms with Crippen LogP contribution in [0, 0.1) is 11.8 Å². The van der Waals surface area contributed by atoms with E-state index in [0.717, 1.165) is 38.0 Å². The second-order valence-electron chi connectivity index (χ2n) is 11.8. The molecule has 39 heavy (non-hydrogen) atoms. The molecule has 1 aliphatic rings. The molecule has 0 spiro atoms. The van der Waals surface area contributed by atoms with Gasteiger partial charge in [0.25, 0.3) is 0 Å². The first-order valence-electron chi connectivity index (χ1n) is 15.6. The summed E-state index contributed by atoms with van der Waals surface area (Å²) < 4.78 is 0. The van der Waals surface area contributed by atoms with Gasteiger partial charge in [0.05, 0.1) is 5.92 Å². The van der Waals surface area contributed by atoms with Gasteiger partial charge in [0, 0.05) is 0 Å². The first kappa shape index (κ1) is 29.1. The molecule has 3 aromatic carbocycles. The number of rotatable bonds is 14. The number of carbonyl (C=O) groups is 1. The number of hydrogen-bond donors (Lipinski definition) is 1. The van der Waals surface area contributed by atoms with Gasteiger partial charge in [-0.1, -0.05) is 119 Å². The van der Waals surface area contributed by atoms with Crippen molar-refractivity contribution in [1.82, 2.24) is 0 Å². The van der Waals surface area contributed by atoms with Crippen LogP contribution in [0.15, 0.2) is 72.8 Å². The molecule has 1 N–H and O–H groups in total. The van der Waals surface area contributed by atoms with Crippen LogP contribution >= 0.6 is 0 Å². The summed E-state index contributed by atoms with van der Waals surface area (Å²) in [6.07, 6.45) is 15.2. The van der Waals surface area contributed by atoms with Gasteiger partial charge in [-0.25, -0.2) is 0 Å². The normalized spacial score (nSPS) is 18.1. The van der Waals surface area contributed by atoms with E-state index in [1.807, 2.05) is 0 Å². The van der Waals surface area contributed by atoms with Crippen LogP contribution in [0.4, 0.5) is 0 Å². The van der Waals surface area contributed by atoms with E-state index in [2.05, 4.69) is 86.6 Å². The van der Waals surface area contributed by atoms with Crippen molar-refractivity contribution in [2.45, 2.75) is 103 Å². The van der Waals surface area contributed by atoms with E-state index in [0.29, 0.717) is 5.92 Å². The zero-order valence-corrected chi connectivity index (χ0v) is 24.2. The molecule has 208 valence electrons. The number of carboxylic acids is 1. The van der Waals surface area contributed by atoms with E-state index < -0.39 is 5.97 Å². The fourth-order valence-corrected chi connectivity index (χ4v) is 6.55. The largest absolute Gasteiger partial charge is 0.481 e. The van der Waals surface area contributed by atoms with E-state index in [4.69, 9.17) is 0 Å². The number of carboxylic acid groups (broad SMARTS) is 1. The predicted octanol–water partition coefficient (Wildman–Crippen LogP) is 10.7. The Kier molecular flexibility index (Phi) is 11.2. The topological polar surface area (TPSA) is 37.3 Å². The van der Waals surface area contributed by atoms with E-state index in [1.54, 1.807) is 0 Å². The van der Waals surface area contributed by atoms with Crippen molar-refractivity contribution in [3.05, 3.63) is 83.9 Å². The van der Waals surface area contributed by atoms with E-state index in [-0.39, 0.29) is 5.92 Å². The third kappa shape index (κ3) is 8.31. The number of aliphatic carboxylic acids is 1. The van der Waals surface area contributed by atoms with Gasteiger partial charge in [0.15, 0.2) is 0 Å². The summed E-state index contributed by atoms with van der Waals surface area (Å²) in [5, 5.41) is 9.53. The third-order valence-electron chi connectivity index (χ3n) is 8.93. The Morgan fingerprint density at radius 1 is 0.769 bits per heavy atom. The SMILES string of the molecule is CCCCC[C@H]1CC[C@H](c2ccc(-c3cc(CCCC(CCC)C(=O)O)ccc3-c3ccccc3)cc2)CC1. The molecule has 0 amide bonds. The molecular formula is C37H48O2. The minimum Gasteiger partial charge on any atom is -0.481 e. The van der Waals surface area contributed by atoms with Gasteiger partial charge < -0.3 is 5.11 Å². The first-order chi connectivity index (χ1) is 19.1. The Hall–Kier alpha value is -2.87. The van der Waals surface area contributed by atoms with Crippen molar-refractivity contribution >= 4 is 5.97 Å². The Morgan fingerprint density at radius 3 is 2.15 bits per heavy atom. The molecule has 1 aliphatic carbocycles. The Morgan fingerprint density at radius 2 is 1.49 bits per heavy atom. The van der Waals surface area contributed by atoms with E-state index in [1.165, 1.54) is 84.7 Å². The average molecular weight is 525 g/mol. The summed E-state index contributed by atoms with van der Waals surface area (Å²) in [6.45, 7) is 4.36. The average Bonchev–Trinajstić information content (AvgIpc) is 2.97. The molecule has 0 heterocycles. The van der Waals surface area contributed by atoms with Gasteiger partial charge in [0.2, 0.25) is 0 Å². The summed E-state index contributed by atoms with van der Waals surface area (Å²) in [5.41, 5.74) is 7.82. The lowest BCUT2D eigenvalue weighted by molar-refractivity contribution is -0.142. The summed E-state index contributed by atoms with van der Waals surface area (Å²) in [5.74, 6) is 0.766. The van der Waals surface area contributed by atoms with Crippen LogP contribution in [0.3, 0.4) is 0 Å². The van der Waals surface area contributed by atoms with Crippen molar-refractivity contribution in [3.8, 4) is 22.3 Å². The molecule has 3 aromatic rings. The molecule has 0 bridgehead atoms. The standard InChI is InChI=1S/C37H48O2/c1-3-5-7-12-28-17-20-30(21-18-28)31-22-24-33(25-23-31)36-27-29(13-10-16-34(11-4-2)37(38)39)19-26-35(36)32-14-8-6-9-15-32/h6,8-9,14-15,19,22-28,30,34H,3-5,7,10-13,16-18,20-21H2,1-2H3,(H,38,39)/t28-,30-,34?. The second-order valence-corrected chi connectivity index (χ2v) is 11.8. The fourth-order valence-electron chi connectivity index (χ4n) is 6.55. The highest BCUT2D eigenvalue weighted by molar-refractivity contribution is 5.84. The van der Waals surface area contributed by atoms with Gasteiger partial charge in [-0.3, -0.25) is 4.79 Å². The van der Waals surface area contributed by atoms with E-state index in [9.17, 15) is 9.90 Å². The van der Waals surface area contributed by atoms with E-state index >= 15 is 0 Å². The Labute approximate surface area is 236 Å². The molecule has 1 fully saturated rings. The predicted molar refractivity (Wildman–Crippen MR) is 165 cm³/mol. The molecule has 2 heteroatoms. The maximum absolute atomic E-state index is 11.6. The summed E-state index contributed by atoms with van der Waals surface area (Å²) >= 11 is 0. The molecule has 2 nitrogen and oxygen atoms in total. The fraction of sp³-hybridized carbons (Fsp3) is 0.486. The summed E-state index contributed by atoms with van der Waals surface area (Å²) in [6, 6.07) is 26.9. The van der Waals surface area contributed by atoms with Crippen molar-refractivity contribution < 1.29 is 9.90 Å².